The van der Waals surface area contributed by atoms with Gasteiger partial charge in [0.25, 0.3) is 0 Å². The average molecular weight is 256 g/mol. The molecule has 0 N–H and O–H groups in total. The van der Waals surface area contributed by atoms with Crippen LogP contribution in [0.1, 0.15) is 5.56 Å². The van der Waals surface area contributed by atoms with Crippen molar-refractivity contribution in [2.75, 3.05) is 40.1 Å². The zero-order valence-corrected chi connectivity index (χ0v) is 12.2. The van der Waals surface area contributed by atoms with Gasteiger partial charge in [-0.05, 0) is 44.9 Å². The van der Waals surface area contributed by atoms with Gasteiger partial charge in [0.1, 0.15) is 17.7 Å². The summed E-state index contributed by atoms with van der Waals surface area (Å²) in [6.07, 6.45) is 1.57. The zero-order chi connectivity index (χ0) is 14.8. The highest BCUT2D eigenvalue weighted by Gasteiger charge is 1.96. The quantitative estimate of drug-likeness (QED) is 0.762. The van der Waals surface area contributed by atoms with Crippen molar-refractivity contribution in [3.8, 4) is 12.1 Å². The van der Waals surface area contributed by atoms with E-state index in [2.05, 4.69) is 0 Å². The number of benzene rings is 1. The van der Waals surface area contributed by atoms with Gasteiger partial charge < -0.3 is 9.80 Å². The number of allylic oxidation sites excluding steroid dienone is 1. The molecule has 0 saturated carbocycles. The Morgan fingerprint density at radius 2 is 1.37 bits per heavy atom. The zero-order valence-electron chi connectivity index (χ0n) is 12.2. The summed E-state index contributed by atoms with van der Waals surface area (Å²) >= 11 is 0. The fourth-order valence-corrected chi connectivity index (χ4v) is 1.12. The lowest BCUT2D eigenvalue weighted by Crippen LogP contribution is -2.07. The summed E-state index contributed by atoms with van der Waals surface area (Å²) in [5, 5.41) is 17.2. The molecule has 0 heterocycles. The van der Waals surface area contributed by atoms with E-state index < -0.39 is 0 Å². The molecular formula is C15H20N4. The van der Waals surface area contributed by atoms with Crippen LogP contribution in [0.25, 0.3) is 6.08 Å². The highest BCUT2D eigenvalue weighted by atomic mass is 15.1. The first-order chi connectivity index (χ1) is 8.90. The summed E-state index contributed by atoms with van der Waals surface area (Å²) in [6, 6.07) is 11.3. The van der Waals surface area contributed by atoms with Gasteiger partial charge in [0, 0.05) is 19.8 Å². The molecule has 0 saturated heterocycles. The summed E-state index contributed by atoms with van der Waals surface area (Å²) in [5.41, 5.74) is 2.06. The van der Waals surface area contributed by atoms with Gasteiger partial charge in [-0.1, -0.05) is 12.1 Å². The highest BCUT2D eigenvalue weighted by Crippen LogP contribution is 2.14. The normalized spacial score (nSPS) is 8.63. The summed E-state index contributed by atoms with van der Waals surface area (Å²) in [4.78, 5) is 3.99. The van der Waals surface area contributed by atoms with Crippen LogP contribution in [0.5, 0.6) is 0 Å². The van der Waals surface area contributed by atoms with E-state index in [-0.39, 0.29) is 5.57 Å². The number of hydrogen-bond acceptors (Lipinski definition) is 4. The molecule has 0 amide bonds. The van der Waals surface area contributed by atoms with E-state index in [1.54, 1.807) is 6.08 Å². The minimum Gasteiger partial charge on any atom is -0.378 e. The molecule has 0 aliphatic heterocycles. The summed E-state index contributed by atoms with van der Waals surface area (Å²) < 4.78 is 0. The first kappa shape index (κ1) is 16.7. The topological polar surface area (TPSA) is 54.1 Å². The molecule has 4 nitrogen and oxygen atoms in total. The predicted octanol–water partition coefficient (Wildman–Crippen LogP) is 2.36. The first-order valence-corrected chi connectivity index (χ1v) is 5.81. The van der Waals surface area contributed by atoms with Gasteiger partial charge in [-0.3, -0.25) is 0 Å². The maximum absolute atomic E-state index is 8.58. The van der Waals surface area contributed by atoms with Crippen LogP contribution in [-0.4, -0.2) is 40.1 Å². The van der Waals surface area contributed by atoms with Crippen molar-refractivity contribution in [3.63, 3.8) is 0 Å². The fraction of sp³-hybridized carbons (Fsp3) is 0.333. The Morgan fingerprint density at radius 3 is 1.68 bits per heavy atom. The Hall–Kier alpha value is -2.30. The largest absolute Gasteiger partial charge is 0.378 e. The summed E-state index contributed by atoms with van der Waals surface area (Å²) in [6.45, 7) is 0. The van der Waals surface area contributed by atoms with Crippen LogP contribution in [0.4, 0.5) is 5.69 Å². The number of nitrogens with zero attached hydrogens (tertiary/aromatic N) is 4. The second kappa shape index (κ2) is 8.74. The van der Waals surface area contributed by atoms with Gasteiger partial charge in [0.2, 0.25) is 0 Å². The first-order valence-electron chi connectivity index (χ1n) is 5.81. The molecule has 0 aliphatic carbocycles. The van der Waals surface area contributed by atoms with Crippen LogP contribution in [0.2, 0.25) is 0 Å². The molecule has 0 spiro atoms. The van der Waals surface area contributed by atoms with Crippen molar-refractivity contribution >= 4 is 11.8 Å². The highest BCUT2D eigenvalue weighted by molar-refractivity contribution is 5.63. The van der Waals surface area contributed by atoms with Crippen molar-refractivity contribution in [2.24, 2.45) is 0 Å². The SMILES string of the molecule is CN(C)C.CN(C)c1ccc(C=C(C#N)C#N)cc1. The van der Waals surface area contributed by atoms with E-state index in [9.17, 15) is 0 Å². The second-order valence-electron chi connectivity index (χ2n) is 4.61. The van der Waals surface area contributed by atoms with Gasteiger partial charge in [-0.2, -0.15) is 10.5 Å². The van der Waals surface area contributed by atoms with Crippen LogP contribution in [0.15, 0.2) is 29.8 Å². The van der Waals surface area contributed by atoms with E-state index in [1.807, 2.05) is 81.4 Å². The van der Waals surface area contributed by atoms with Gasteiger partial charge in [0.15, 0.2) is 0 Å². The Morgan fingerprint density at radius 1 is 0.947 bits per heavy atom. The molecule has 0 bridgehead atoms. The Balaban J connectivity index is 0.000000711. The van der Waals surface area contributed by atoms with Crippen LogP contribution in [0.3, 0.4) is 0 Å². The third-order valence-corrected chi connectivity index (χ3v) is 1.96. The lowest BCUT2D eigenvalue weighted by molar-refractivity contribution is 0.505. The molecule has 0 unspecified atom stereocenters. The van der Waals surface area contributed by atoms with Crippen molar-refractivity contribution in [1.29, 1.82) is 10.5 Å². The monoisotopic (exact) mass is 256 g/mol. The molecule has 0 fully saturated rings. The molecule has 4 heteroatoms. The second-order valence-corrected chi connectivity index (χ2v) is 4.61. The minimum absolute atomic E-state index is 0.118. The smallest absolute Gasteiger partial charge is 0.130 e. The average Bonchev–Trinajstić information content (AvgIpc) is 2.35. The molecule has 1 aromatic carbocycles. The molecule has 0 radical (unpaired) electrons. The molecule has 0 aliphatic rings. The lowest BCUT2D eigenvalue weighted by Gasteiger charge is -2.11. The van der Waals surface area contributed by atoms with Gasteiger partial charge in [-0.25, -0.2) is 0 Å². The molecule has 100 valence electrons. The van der Waals surface area contributed by atoms with Crippen molar-refractivity contribution < 1.29 is 0 Å². The molecule has 19 heavy (non-hydrogen) atoms. The standard InChI is InChI=1S/C12H11N3.C3H9N/c1-15(2)12-5-3-10(4-6-12)7-11(8-13)9-14;1-4(2)3/h3-7H,1-2H3;1-3H3. The number of nitriles is 2. The Kier molecular flexibility index (Phi) is 7.68. The molecule has 0 atom stereocenters. The Bertz CT molecular complexity index is 466. The maximum Gasteiger partial charge on any atom is 0.130 e. The van der Waals surface area contributed by atoms with E-state index in [4.69, 9.17) is 10.5 Å². The minimum atomic E-state index is 0.118. The summed E-state index contributed by atoms with van der Waals surface area (Å²) in [7, 11) is 9.92. The van der Waals surface area contributed by atoms with Crippen LogP contribution in [0, 0.1) is 22.7 Å². The fourth-order valence-electron chi connectivity index (χ4n) is 1.12. The van der Waals surface area contributed by atoms with E-state index in [0.29, 0.717) is 0 Å². The van der Waals surface area contributed by atoms with Crippen LogP contribution in [-0.2, 0) is 0 Å². The molecule has 1 aromatic rings. The van der Waals surface area contributed by atoms with Crippen LogP contribution < -0.4 is 4.90 Å². The van der Waals surface area contributed by atoms with Crippen molar-refractivity contribution in [3.05, 3.63) is 35.4 Å². The lowest BCUT2D eigenvalue weighted by atomic mass is 10.1. The van der Waals surface area contributed by atoms with Crippen molar-refractivity contribution in [2.45, 2.75) is 0 Å². The Labute approximate surface area is 115 Å². The van der Waals surface area contributed by atoms with Crippen LogP contribution >= 0.6 is 0 Å². The number of anilines is 1. The third kappa shape index (κ3) is 7.59. The van der Waals surface area contributed by atoms with Gasteiger partial charge in [0.05, 0.1) is 0 Å². The van der Waals surface area contributed by atoms with E-state index in [0.717, 1.165) is 11.3 Å². The van der Waals surface area contributed by atoms with Gasteiger partial charge in [-0.15, -0.1) is 0 Å². The molecule has 1 rings (SSSR count). The van der Waals surface area contributed by atoms with E-state index >= 15 is 0 Å². The maximum atomic E-state index is 8.58. The predicted molar refractivity (Wildman–Crippen MR) is 79.6 cm³/mol. The molecule has 0 aromatic heterocycles. The summed E-state index contributed by atoms with van der Waals surface area (Å²) in [5.74, 6) is 0. The van der Waals surface area contributed by atoms with E-state index in [1.165, 1.54) is 0 Å². The van der Waals surface area contributed by atoms with Gasteiger partial charge >= 0.3 is 0 Å². The number of rotatable bonds is 2. The van der Waals surface area contributed by atoms with Crippen molar-refractivity contribution in [1.82, 2.24) is 4.90 Å². The third-order valence-electron chi connectivity index (χ3n) is 1.96. The number of hydrogen-bond donors (Lipinski definition) is 0. The molecular weight excluding hydrogens is 236 g/mol.